The molecule has 0 bridgehead atoms. The Balaban J connectivity index is 1.85. The van der Waals surface area contributed by atoms with E-state index in [4.69, 9.17) is 0 Å². The molecule has 2 aromatic rings. The number of aromatic nitrogens is 1. The molecule has 2 rings (SSSR count). The van der Waals surface area contributed by atoms with Gasteiger partial charge in [-0.25, -0.2) is 14.2 Å². The van der Waals surface area contributed by atoms with Crippen LogP contribution >= 0.6 is 11.9 Å². The number of nitrogens with zero attached hydrogens (tertiary/aromatic N) is 1. The summed E-state index contributed by atoms with van der Waals surface area (Å²) in [7, 11) is 1.32. The first-order valence-electron chi connectivity index (χ1n) is 5.87. The van der Waals surface area contributed by atoms with Crippen LogP contribution in [0.25, 0.3) is 0 Å². The molecule has 0 fully saturated rings. The minimum absolute atomic E-state index is 0.253. The summed E-state index contributed by atoms with van der Waals surface area (Å²) in [6, 6.07) is 9.65. The van der Waals surface area contributed by atoms with Crippen LogP contribution in [-0.2, 0) is 11.3 Å². The largest absolute Gasteiger partial charge is 0.464 e. The molecule has 0 radical (unpaired) electrons. The maximum Gasteiger partial charge on any atom is 0.356 e. The van der Waals surface area contributed by atoms with Gasteiger partial charge in [-0.3, -0.25) is 4.72 Å². The number of esters is 1. The van der Waals surface area contributed by atoms with Crippen molar-refractivity contribution in [1.82, 2.24) is 9.71 Å². The molecule has 0 amide bonds. The highest BCUT2D eigenvalue weighted by Gasteiger charge is 2.05. The van der Waals surface area contributed by atoms with Crippen molar-refractivity contribution in [1.29, 1.82) is 0 Å². The third-order valence-electron chi connectivity index (χ3n) is 2.50. The number of carbonyl (C=O) groups is 1. The summed E-state index contributed by atoms with van der Waals surface area (Å²) in [4.78, 5) is 16.2. The lowest BCUT2D eigenvalue weighted by Gasteiger charge is -2.05. The lowest BCUT2D eigenvalue weighted by molar-refractivity contribution is 0.0594. The summed E-state index contributed by atoms with van der Waals surface area (Å²) >= 11 is 1.40. The number of ether oxygens (including phenoxy) is 1. The summed E-state index contributed by atoms with van der Waals surface area (Å²) in [5.41, 5.74) is 1.22. The standard InChI is InChI=1S/C14H13FN2O2S/c1-19-14(18)13-7-2-10(8-16-13)9-17-20-12-5-3-11(15)4-6-12/h2-8,17H,9H2,1H3. The van der Waals surface area contributed by atoms with Gasteiger partial charge in [0.25, 0.3) is 0 Å². The first-order chi connectivity index (χ1) is 9.69. The number of rotatable bonds is 5. The molecule has 4 nitrogen and oxygen atoms in total. The van der Waals surface area contributed by atoms with Crippen LogP contribution in [0.15, 0.2) is 47.5 Å². The predicted octanol–water partition coefficient (Wildman–Crippen LogP) is 2.80. The van der Waals surface area contributed by atoms with Crippen molar-refractivity contribution in [2.45, 2.75) is 11.4 Å². The molecule has 20 heavy (non-hydrogen) atoms. The van der Waals surface area contributed by atoms with Crippen LogP contribution in [0, 0.1) is 5.82 Å². The van der Waals surface area contributed by atoms with Gasteiger partial charge in [0.1, 0.15) is 11.5 Å². The van der Waals surface area contributed by atoms with E-state index in [1.165, 1.54) is 31.2 Å². The number of nitrogens with one attached hydrogen (secondary N) is 1. The van der Waals surface area contributed by atoms with Gasteiger partial charge in [0.05, 0.1) is 7.11 Å². The molecule has 0 aliphatic heterocycles. The number of hydrogen-bond acceptors (Lipinski definition) is 5. The van der Waals surface area contributed by atoms with Gasteiger partial charge in [-0.1, -0.05) is 6.07 Å². The third kappa shape index (κ3) is 4.04. The van der Waals surface area contributed by atoms with Crippen molar-refractivity contribution in [3.8, 4) is 0 Å². The zero-order chi connectivity index (χ0) is 14.4. The molecular weight excluding hydrogens is 279 g/mol. The van der Waals surface area contributed by atoms with Crippen molar-refractivity contribution in [3.05, 3.63) is 59.7 Å². The second-order valence-electron chi connectivity index (χ2n) is 3.92. The quantitative estimate of drug-likeness (QED) is 0.678. The van der Waals surface area contributed by atoms with E-state index in [9.17, 15) is 9.18 Å². The monoisotopic (exact) mass is 292 g/mol. The Hall–Kier alpha value is -1.92. The molecule has 1 aromatic heterocycles. The average molecular weight is 292 g/mol. The molecule has 1 aromatic carbocycles. The Labute approximate surface area is 120 Å². The third-order valence-corrected chi connectivity index (χ3v) is 3.30. The fourth-order valence-electron chi connectivity index (χ4n) is 1.46. The number of methoxy groups -OCH3 is 1. The molecular formula is C14H13FN2O2S. The predicted molar refractivity (Wildman–Crippen MR) is 74.7 cm³/mol. The number of hydrogen-bond donors (Lipinski definition) is 1. The molecule has 1 N–H and O–H groups in total. The Morgan fingerprint density at radius 2 is 2.05 bits per heavy atom. The lowest BCUT2D eigenvalue weighted by Crippen LogP contribution is -2.07. The van der Waals surface area contributed by atoms with Gasteiger partial charge in [0.15, 0.2) is 0 Å². The SMILES string of the molecule is COC(=O)c1ccc(CNSc2ccc(F)cc2)cn1. The molecule has 0 spiro atoms. The Morgan fingerprint density at radius 3 is 2.65 bits per heavy atom. The molecule has 0 aliphatic carbocycles. The molecule has 0 atom stereocenters. The fraction of sp³-hybridized carbons (Fsp3) is 0.143. The minimum Gasteiger partial charge on any atom is -0.464 e. The zero-order valence-electron chi connectivity index (χ0n) is 10.8. The van der Waals surface area contributed by atoms with Gasteiger partial charge < -0.3 is 4.74 Å². The maximum absolute atomic E-state index is 12.7. The van der Waals surface area contributed by atoms with Crippen LogP contribution < -0.4 is 4.72 Å². The second kappa shape index (κ2) is 7.02. The van der Waals surface area contributed by atoms with E-state index in [2.05, 4.69) is 14.4 Å². The summed E-state index contributed by atoms with van der Waals surface area (Å²) in [5, 5.41) is 0. The van der Waals surface area contributed by atoms with Gasteiger partial charge in [0.2, 0.25) is 0 Å². The number of pyridine rings is 1. The summed E-state index contributed by atoms with van der Waals surface area (Å²) in [6.07, 6.45) is 1.62. The van der Waals surface area contributed by atoms with Crippen LogP contribution in [0.4, 0.5) is 4.39 Å². The van der Waals surface area contributed by atoms with Gasteiger partial charge in [-0.2, -0.15) is 0 Å². The average Bonchev–Trinajstić information content (AvgIpc) is 2.49. The molecule has 0 aliphatic rings. The summed E-state index contributed by atoms with van der Waals surface area (Å²) in [5.74, 6) is -0.706. The Kier molecular flexibility index (Phi) is 5.09. The van der Waals surface area contributed by atoms with Gasteiger partial charge in [0, 0.05) is 17.6 Å². The molecule has 104 valence electrons. The van der Waals surface area contributed by atoms with Crippen molar-refractivity contribution in [2.75, 3.05) is 7.11 Å². The van der Waals surface area contributed by atoms with E-state index in [0.717, 1.165) is 10.5 Å². The van der Waals surface area contributed by atoms with Crippen LogP contribution in [0.1, 0.15) is 16.1 Å². The van der Waals surface area contributed by atoms with Crippen molar-refractivity contribution in [2.24, 2.45) is 0 Å². The van der Waals surface area contributed by atoms with E-state index in [1.54, 1.807) is 30.5 Å². The topological polar surface area (TPSA) is 51.2 Å². The maximum atomic E-state index is 12.7. The van der Waals surface area contributed by atoms with Crippen LogP contribution in [0.2, 0.25) is 0 Å². The Morgan fingerprint density at radius 1 is 1.30 bits per heavy atom. The molecule has 6 heteroatoms. The highest BCUT2D eigenvalue weighted by Crippen LogP contribution is 2.15. The Bertz CT molecular complexity index is 573. The van der Waals surface area contributed by atoms with Gasteiger partial charge in [-0.15, -0.1) is 0 Å². The molecule has 0 saturated carbocycles. The van der Waals surface area contributed by atoms with Crippen molar-refractivity contribution >= 4 is 17.9 Å². The molecule has 0 saturated heterocycles. The summed E-state index contributed by atoms with van der Waals surface area (Å²) in [6.45, 7) is 0.580. The first kappa shape index (κ1) is 14.5. The smallest absolute Gasteiger partial charge is 0.356 e. The molecule has 1 heterocycles. The highest BCUT2D eigenvalue weighted by atomic mass is 32.2. The normalized spacial score (nSPS) is 10.3. The van der Waals surface area contributed by atoms with Crippen LogP contribution in [0.5, 0.6) is 0 Å². The van der Waals surface area contributed by atoms with Gasteiger partial charge >= 0.3 is 5.97 Å². The first-order valence-corrected chi connectivity index (χ1v) is 6.69. The number of carbonyl (C=O) groups excluding carboxylic acids is 1. The molecule has 0 unspecified atom stereocenters. The number of benzene rings is 1. The van der Waals surface area contributed by atoms with E-state index >= 15 is 0 Å². The minimum atomic E-state index is -0.454. The zero-order valence-corrected chi connectivity index (χ0v) is 11.6. The van der Waals surface area contributed by atoms with E-state index in [0.29, 0.717) is 6.54 Å². The van der Waals surface area contributed by atoms with E-state index in [-0.39, 0.29) is 11.5 Å². The van der Waals surface area contributed by atoms with E-state index in [1.807, 2.05) is 0 Å². The van der Waals surface area contributed by atoms with Crippen LogP contribution in [-0.4, -0.2) is 18.1 Å². The fourth-order valence-corrected chi connectivity index (χ4v) is 2.14. The van der Waals surface area contributed by atoms with E-state index < -0.39 is 5.97 Å². The number of halogens is 1. The second-order valence-corrected chi connectivity index (χ2v) is 4.88. The lowest BCUT2D eigenvalue weighted by atomic mass is 10.2. The van der Waals surface area contributed by atoms with Crippen LogP contribution in [0.3, 0.4) is 0 Å². The highest BCUT2D eigenvalue weighted by molar-refractivity contribution is 7.97. The van der Waals surface area contributed by atoms with Gasteiger partial charge in [-0.05, 0) is 47.8 Å². The van der Waals surface area contributed by atoms with Crippen molar-refractivity contribution < 1.29 is 13.9 Å². The van der Waals surface area contributed by atoms with Crippen molar-refractivity contribution in [3.63, 3.8) is 0 Å². The summed E-state index contributed by atoms with van der Waals surface area (Å²) < 4.78 is 20.4.